The van der Waals surface area contributed by atoms with E-state index in [-0.39, 0.29) is 0 Å². The predicted molar refractivity (Wildman–Crippen MR) is 48.1 cm³/mol. The summed E-state index contributed by atoms with van der Waals surface area (Å²) in [6.07, 6.45) is 1.96. The quantitative estimate of drug-likeness (QED) is 0.586. The first kappa shape index (κ1) is 7.17. The molecule has 1 aliphatic rings. The van der Waals surface area contributed by atoms with E-state index in [1.165, 1.54) is 21.9 Å². The lowest BCUT2D eigenvalue weighted by atomic mass is 10.1. The molecule has 1 aromatic rings. The summed E-state index contributed by atoms with van der Waals surface area (Å²) in [5.74, 6) is 1.85. The van der Waals surface area contributed by atoms with Crippen LogP contribution in [-0.4, -0.2) is 10.7 Å². The van der Waals surface area contributed by atoms with E-state index < -0.39 is 0 Å². The van der Waals surface area contributed by atoms with Crippen LogP contribution < -0.4 is 0 Å². The maximum Gasteiger partial charge on any atom is 0.0575 e. The van der Waals surface area contributed by atoms with Crippen molar-refractivity contribution in [2.24, 2.45) is 0 Å². The Labute approximate surface area is 71.2 Å². The molecule has 0 amide bonds. The average molecular weight is 165 g/mol. The molecule has 0 spiro atoms. The third-order valence-electron chi connectivity index (χ3n) is 1.97. The summed E-state index contributed by atoms with van der Waals surface area (Å²) in [7, 11) is 0. The molecule has 58 valence electrons. The van der Waals surface area contributed by atoms with Crippen molar-refractivity contribution in [1.82, 2.24) is 4.98 Å². The van der Waals surface area contributed by atoms with E-state index in [4.69, 9.17) is 0 Å². The molecule has 0 radical (unpaired) electrons. The zero-order valence-corrected chi connectivity index (χ0v) is 7.61. The molecule has 1 aliphatic heterocycles. The molecule has 0 saturated carbocycles. The summed E-state index contributed by atoms with van der Waals surface area (Å²) in [5.41, 5.74) is 2.56. The number of nitrogens with zero attached hydrogens (tertiary/aromatic N) is 1. The molecule has 1 nitrogen and oxygen atoms in total. The first-order valence-electron chi connectivity index (χ1n) is 3.86. The highest BCUT2D eigenvalue weighted by Crippen LogP contribution is 2.37. The molecule has 1 atom stereocenters. The van der Waals surface area contributed by atoms with Crippen LogP contribution in [0.2, 0.25) is 0 Å². The zero-order chi connectivity index (χ0) is 7.84. The summed E-state index contributed by atoms with van der Waals surface area (Å²) in [4.78, 5) is 5.81. The monoisotopic (exact) mass is 165 g/mol. The van der Waals surface area contributed by atoms with Gasteiger partial charge in [0.25, 0.3) is 0 Å². The molecule has 0 fully saturated rings. The second-order valence-electron chi connectivity index (χ2n) is 3.11. The normalized spacial score (nSPS) is 21.8. The Morgan fingerprint density at radius 2 is 2.45 bits per heavy atom. The van der Waals surface area contributed by atoms with Crippen molar-refractivity contribution in [3.05, 3.63) is 23.5 Å². The lowest BCUT2D eigenvalue weighted by molar-refractivity contribution is 0.829. The Hall–Kier alpha value is -0.500. The van der Waals surface area contributed by atoms with Crippen LogP contribution in [0.1, 0.15) is 24.1 Å². The summed E-state index contributed by atoms with van der Waals surface area (Å²) in [5, 5.41) is 0. The molecule has 0 N–H and O–H groups in total. The van der Waals surface area contributed by atoms with E-state index in [2.05, 4.69) is 24.9 Å². The van der Waals surface area contributed by atoms with Crippen molar-refractivity contribution < 1.29 is 0 Å². The number of fused-ring (bicyclic) bond motifs is 1. The van der Waals surface area contributed by atoms with Gasteiger partial charge in [0.15, 0.2) is 0 Å². The standard InChI is InChI=1S/C9H11NS/c1-6-3-8-9(10-4-6)7(2)5-11-8/h3-4,7H,5H2,1-2H3. The molecule has 1 aromatic heterocycles. The SMILES string of the molecule is Cc1cnc2c(c1)SCC2C. The van der Waals surface area contributed by atoms with Crippen LogP contribution >= 0.6 is 11.8 Å². The Balaban J connectivity index is 2.50. The molecule has 0 saturated heterocycles. The molecule has 2 heteroatoms. The van der Waals surface area contributed by atoms with E-state index in [0.29, 0.717) is 5.92 Å². The molecule has 2 rings (SSSR count). The molecule has 1 unspecified atom stereocenters. The number of aromatic nitrogens is 1. The highest BCUT2D eigenvalue weighted by molar-refractivity contribution is 7.99. The minimum Gasteiger partial charge on any atom is -0.260 e. The third-order valence-corrected chi connectivity index (χ3v) is 3.28. The van der Waals surface area contributed by atoms with Gasteiger partial charge in [-0.2, -0.15) is 0 Å². The van der Waals surface area contributed by atoms with Gasteiger partial charge in [-0.3, -0.25) is 4.98 Å². The Kier molecular flexibility index (Phi) is 1.64. The summed E-state index contributed by atoms with van der Waals surface area (Å²) < 4.78 is 0. The summed E-state index contributed by atoms with van der Waals surface area (Å²) in [6, 6.07) is 2.23. The highest BCUT2D eigenvalue weighted by Gasteiger charge is 2.19. The van der Waals surface area contributed by atoms with Crippen LogP contribution in [0.4, 0.5) is 0 Å². The van der Waals surface area contributed by atoms with Crippen molar-refractivity contribution in [3.8, 4) is 0 Å². The van der Waals surface area contributed by atoms with Crippen LogP contribution in [0, 0.1) is 6.92 Å². The smallest absolute Gasteiger partial charge is 0.0575 e. The van der Waals surface area contributed by atoms with E-state index in [1.807, 2.05) is 18.0 Å². The van der Waals surface area contributed by atoms with Crippen molar-refractivity contribution in [2.45, 2.75) is 24.7 Å². The van der Waals surface area contributed by atoms with Crippen LogP contribution in [-0.2, 0) is 0 Å². The van der Waals surface area contributed by atoms with E-state index in [1.54, 1.807) is 0 Å². The second kappa shape index (κ2) is 2.52. The van der Waals surface area contributed by atoms with Crippen molar-refractivity contribution in [1.29, 1.82) is 0 Å². The molecule has 11 heavy (non-hydrogen) atoms. The Bertz CT molecular complexity index is 283. The largest absolute Gasteiger partial charge is 0.260 e. The first-order chi connectivity index (χ1) is 5.27. The van der Waals surface area contributed by atoms with Gasteiger partial charge in [-0.1, -0.05) is 6.92 Å². The molecule has 0 aromatic carbocycles. The summed E-state index contributed by atoms with van der Waals surface area (Å²) in [6.45, 7) is 4.33. The fourth-order valence-electron chi connectivity index (χ4n) is 1.33. The second-order valence-corrected chi connectivity index (χ2v) is 4.17. The van der Waals surface area contributed by atoms with Gasteiger partial charge in [0, 0.05) is 22.8 Å². The topological polar surface area (TPSA) is 12.9 Å². The van der Waals surface area contributed by atoms with E-state index in [0.717, 1.165) is 0 Å². The number of pyridine rings is 1. The average Bonchev–Trinajstić information content (AvgIpc) is 2.32. The van der Waals surface area contributed by atoms with Gasteiger partial charge in [-0.15, -0.1) is 11.8 Å². The van der Waals surface area contributed by atoms with Gasteiger partial charge < -0.3 is 0 Å². The highest BCUT2D eigenvalue weighted by atomic mass is 32.2. The van der Waals surface area contributed by atoms with Crippen molar-refractivity contribution >= 4 is 11.8 Å². The van der Waals surface area contributed by atoms with Gasteiger partial charge in [-0.05, 0) is 18.6 Å². The minimum absolute atomic E-state index is 0.649. The number of hydrogen-bond acceptors (Lipinski definition) is 2. The molecular weight excluding hydrogens is 154 g/mol. The summed E-state index contributed by atoms with van der Waals surface area (Å²) >= 11 is 1.93. The predicted octanol–water partition coefficient (Wildman–Crippen LogP) is 2.60. The lowest BCUT2D eigenvalue weighted by Gasteiger charge is -2.01. The van der Waals surface area contributed by atoms with Crippen LogP contribution in [0.15, 0.2) is 17.2 Å². The number of hydrogen-bond donors (Lipinski definition) is 0. The van der Waals surface area contributed by atoms with Gasteiger partial charge in [0.05, 0.1) is 5.69 Å². The zero-order valence-electron chi connectivity index (χ0n) is 6.79. The van der Waals surface area contributed by atoms with Crippen LogP contribution in [0.5, 0.6) is 0 Å². The maximum absolute atomic E-state index is 4.42. The number of thioether (sulfide) groups is 1. The van der Waals surface area contributed by atoms with E-state index in [9.17, 15) is 0 Å². The lowest BCUT2D eigenvalue weighted by Crippen LogP contribution is -1.93. The van der Waals surface area contributed by atoms with Gasteiger partial charge in [0.1, 0.15) is 0 Å². The van der Waals surface area contributed by atoms with Gasteiger partial charge in [-0.25, -0.2) is 0 Å². The maximum atomic E-state index is 4.42. The fourth-order valence-corrected chi connectivity index (χ4v) is 2.59. The molecule has 2 heterocycles. The minimum atomic E-state index is 0.649. The van der Waals surface area contributed by atoms with Gasteiger partial charge >= 0.3 is 0 Å². The first-order valence-corrected chi connectivity index (χ1v) is 4.85. The van der Waals surface area contributed by atoms with E-state index >= 15 is 0 Å². The van der Waals surface area contributed by atoms with Gasteiger partial charge in [0.2, 0.25) is 0 Å². The van der Waals surface area contributed by atoms with Crippen LogP contribution in [0.25, 0.3) is 0 Å². The molecule has 0 aliphatic carbocycles. The number of aryl methyl sites for hydroxylation is 1. The van der Waals surface area contributed by atoms with Crippen molar-refractivity contribution in [2.75, 3.05) is 5.75 Å². The van der Waals surface area contributed by atoms with Crippen molar-refractivity contribution in [3.63, 3.8) is 0 Å². The molecule has 0 bridgehead atoms. The molecular formula is C9H11NS. The van der Waals surface area contributed by atoms with Crippen LogP contribution in [0.3, 0.4) is 0 Å². The Morgan fingerprint density at radius 1 is 1.64 bits per heavy atom. The number of rotatable bonds is 0. The Morgan fingerprint density at radius 3 is 3.27 bits per heavy atom. The fraction of sp³-hybridized carbons (Fsp3) is 0.444. The third kappa shape index (κ3) is 1.16.